The molecule has 3 heteroatoms. The van der Waals surface area contributed by atoms with E-state index in [1.807, 2.05) is 5.51 Å². The average molecular weight is 246 g/mol. The van der Waals surface area contributed by atoms with Gasteiger partial charge in [0.05, 0.1) is 11.2 Å². The first-order valence-corrected chi connectivity index (χ1v) is 6.82. The molecule has 0 fully saturated rings. The smallest absolute Gasteiger partial charge is 0.0795 e. The van der Waals surface area contributed by atoms with E-state index in [0.29, 0.717) is 6.04 Å². The van der Waals surface area contributed by atoms with Gasteiger partial charge in [0.25, 0.3) is 0 Å². The van der Waals surface area contributed by atoms with E-state index >= 15 is 0 Å². The van der Waals surface area contributed by atoms with Crippen LogP contribution in [0.4, 0.5) is 0 Å². The standard InChI is InChI=1S/C14H18N2S/c1-10-5-4-6-13(7-10)11(2)16-12(3)14-8-17-9-15-14/h4-9,11-12,16H,1-3H3/t11-,12?/m1/s1. The van der Waals surface area contributed by atoms with Crippen molar-refractivity contribution in [2.45, 2.75) is 32.9 Å². The quantitative estimate of drug-likeness (QED) is 0.886. The molecule has 2 rings (SSSR count). The Morgan fingerprint density at radius 2 is 2.06 bits per heavy atom. The minimum atomic E-state index is 0.289. The Hall–Kier alpha value is -1.19. The van der Waals surface area contributed by atoms with E-state index in [4.69, 9.17) is 0 Å². The molecule has 1 heterocycles. The van der Waals surface area contributed by atoms with E-state index in [1.54, 1.807) is 11.3 Å². The molecule has 0 aliphatic carbocycles. The molecule has 90 valence electrons. The highest BCUT2D eigenvalue weighted by atomic mass is 32.1. The van der Waals surface area contributed by atoms with Crippen LogP contribution >= 0.6 is 11.3 Å². The number of hydrogen-bond donors (Lipinski definition) is 1. The number of benzene rings is 1. The molecule has 0 aliphatic rings. The number of rotatable bonds is 4. The van der Waals surface area contributed by atoms with Crippen LogP contribution in [0.15, 0.2) is 35.2 Å². The van der Waals surface area contributed by atoms with Gasteiger partial charge in [0.15, 0.2) is 0 Å². The zero-order chi connectivity index (χ0) is 12.3. The number of nitrogens with one attached hydrogen (secondary N) is 1. The van der Waals surface area contributed by atoms with Crippen molar-refractivity contribution < 1.29 is 0 Å². The van der Waals surface area contributed by atoms with Crippen LogP contribution in [0.2, 0.25) is 0 Å². The van der Waals surface area contributed by atoms with Crippen LogP contribution in [0.25, 0.3) is 0 Å². The highest BCUT2D eigenvalue weighted by Crippen LogP contribution is 2.19. The van der Waals surface area contributed by atoms with Gasteiger partial charge >= 0.3 is 0 Å². The zero-order valence-corrected chi connectivity index (χ0v) is 11.3. The molecule has 2 aromatic rings. The van der Waals surface area contributed by atoms with Crippen molar-refractivity contribution in [1.82, 2.24) is 10.3 Å². The summed E-state index contributed by atoms with van der Waals surface area (Å²) < 4.78 is 0. The highest BCUT2D eigenvalue weighted by molar-refractivity contribution is 7.07. The molecule has 1 aromatic heterocycles. The zero-order valence-electron chi connectivity index (χ0n) is 10.5. The fourth-order valence-corrected chi connectivity index (χ4v) is 2.58. The van der Waals surface area contributed by atoms with E-state index in [2.05, 4.69) is 60.7 Å². The molecule has 2 nitrogen and oxygen atoms in total. The van der Waals surface area contributed by atoms with Crippen molar-refractivity contribution in [3.63, 3.8) is 0 Å². The summed E-state index contributed by atoms with van der Waals surface area (Å²) in [4.78, 5) is 4.34. The second kappa shape index (κ2) is 5.43. The van der Waals surface area contributed by atoms with Gasteiger partial charge in [-0.3, -0.25) is 0 Å². The first-order valence-electron chi connectivity index (χ1n) is 5.87. The predicted molar refractivity (Wildman–Crippen MR) is 73.3 cm³/mol. The fourth-order valence-electron chi connectivity index (χ4n) is 1.93. The number of nitrogens with zero attached hydrogens (tertiary/aromatic N) is 1. The van der Waals surface area contributed by atoms with Crippen LogP contribution in [-0.4, -0.2) is 4.98 Å². The predicted octanol–water partition coefficient (Wildman–Crippen LogP) is 3.86. The van der Waals surface area contributed by atoms with E-state index < -0.39 is 0 Å². The molecule has 0 radical (unpaired) electrons. The van der Waals surface area contributed by atoms with Crippen molar-refractivity contribution in [2.75, 3.05) is 0 Å². The van der Waals surface area contributed by atoms with Gasteiger partial charge in [-0.05, 0) is 26.3 Å². The van der Waals surface area contributed by atoms with Crippen LogP contribution in [0.5, 0.6) is 0 Å². The number of aromatic nitrogens is 1. The third kappa shape index (κ3) is 3.14. The third-order valence-electron chi connectivity index (χ3n) is 2.94. The maximum Gasteiger partial charge on any atom is 0.0795 e. The average Bonchev–Trinajstić information content (AvgIpc) is 2.82. The maximum absolute atomic E-state index is 4.34. The van der Waals surface area contributed by atoms with Gasteiger partial charge in [-0.1, -0.05) is 29.8 Å². The first-order chi connectivity index (χ1) is 8.16. The summed E-state index contributed by atoms with van der Waals surface area (Å²) in [6, 6.07) is 9.25. The van der Waals surface area contributed by atoms with Gasteiger partial charge < -0.3 is 5.32 Å². The number of thiazole rings is 1. The van der Waals surface area contributed by atoms with Crippen molar-refractivity contribution >= 4 is 11.3 Å². The lowest BCUT2D eigenvalue weighted by Crippen LogP contribution is -2.22. The van der Waals surface area contributed by atoms with Crippen molar-refractivity contribution in [3.05, 3.63) is 52.0 Å². The third-order valence-corrected chi connectivity index (χ3v) is 3.54. The topological polar surface area (TPSA) is 24.9 Å². The number of hydrogen-bond acceptors (Lipinski definition) is 3. The molecule has 2 atom stereocenters. The van der Waals surface area contributed by atoms with E-state index in [9.17, 15) is 0 Å². The number of aryl methyl sites for hydroxylation is 1. The summed E-state index contributed by atoms with van der Waals surface area (Å²) in [5, 5.41) is 5.67. The Labute approximate surface area is 107 Å². The Morgan fingerprint density at radius 1 is 1.24 bits per heavy atom. The Morgan fingerprint density at radius 3 is 2.71 bits per heavy atom. The summed E-state index contributed by atoms with van der Waals surface area (Å²) in [6.07, 6.45) is 0. The fraction of sp³-hybridized carbons (Fsp3) is 0.357. The molecule has 1 N–H and O–H groups in total. The van der Waals surface area contributed by atoms with Crippen LogP contribution in [-0.2, 0) is 0 Å². The highest BCUT2D eigenvalue weighted by Gasteiger charge is 2.12. The lowest BCUT2D eigenvalue weighted by molar-refractivity contribution is 0.488. The summed E-state index contributed by atoms with van der Waals surface area (Å²) in [6.45, 7) is 6.47. The van der Waals surface area contributed by atoms with Crippen molar-refractivity contribution in [2.24, 2.45) is 0 Å². The minimum absolute atomic E-state index is 0.289. The van der Waals surface area contributed by atoms with Gasteiger partial charge in [-0.25, -0.2) is 4.98 Å². The maximum atomic E-state index is 4.34. The van der Waals surface area contributed by atoms with E-state index in [0.717, 1.165) is 5.69 Å². The molecule has 0 amide bonds. The lowest BCUT2D eigenvalue weighted by Gasteiger charge is -2.19. The Kier molecular flexibility index (Phi) is 3.92. The summed E-state index contributed by atoms with van der Waals surface area (Å²) in [7, 11) is 0. The molecule has 0 bridgehead atoms. The van der Waals surface area contributed by atoms with Gasteiger partial charge in [0.1, 0.15) is 0 Å². The molecule has 0 spiro atoms. The Bertz CT molecular complexity index is 465. The molecular weight excluding hydrogens is 228 g/mol. The molecule has 0 aliphatic heterocycles. The monoisotopic (exact) mass is 246 g/mol. The molecule has 1 unspecified atom stereocenters. The summed E-state index contributed by atoms with van der Waals surface area (Å²) in [5.74, 6) is 0. The molecule has 0 saturated heterocycles. The minimum Gasteiger partial charge on any atom is -0.302 e. The van der Waals surface area contributed by atoms with Crippen LogP contribution in [0, 0.1) is 6.92 Å². The van der Waals surface area contributed by atoms with Gasteiger partial charge in [0.2, 0.25) is 0 Å². The second-order valence-electron chi connectivity index (χ2n) is 4.44. The first kappa shape index (κ1) is 12.3. The van der Waals surface area contributed by atoms with Crippen LogP contribution < -0.4 is 5.32 Å². The Balaban J connectivity index is 2.04. The van der Waals surface area contributed by atoms with Crippen LogP contribution in [0.1, 0.15) is 42.8 Å². The van der Waals surface area contributed by atoms with Gasteiger partial charge in [0, 0.05) is 17.5 Å². The van der Waals surface area contributed by atoms with Crippen LogP contribution in [0.3, 0.4) is 0 Å². The van der Waals surface area contributed by atoms with Gasteiger partial charge in [-0.15, -0.1) is 11.3 Å². The molecule has 1 aromatic carbocycles. The van der Waals surface area contributed by atoms with Crippen molar-refractivity contribution in [3.8, 4) is 0 Å². The molecule has 0 saturated carbocycles. The molecular formula is C14H18N2S. The van der Waals surface area contributed by atoms with Crippen molar-refractivity contribution in [1.29, 1.82) is 0 Å². The normalized spacial score (nSPS) is 14.5. The van der Waals surface area contributed by atoms with Gasteiger partial charge in [-0.2, -0.15) is 0 Å². The SMILES string of the molecule is Cc1cccc([C@@H](C)NC(C)c2cscn2)c1. The summed E-state index contributed by atoms with van der Waals surface area (Å²) in [5.41, 5.74) is 5.63. The second-order valence-corrected chi connectivity index (χ2v) is 5.16. The van der Waals surface area contributed by atoms with E-state index in [-0.39, 0.29) is 6.04 Å². The lowest BCUT2D eigenvalue weighted by atomic mass is 10.0. The summed E-state index contributed by atoms with van der Waals surface area (Å²) >= 11 is 1.64. The largest absolute Gasteiger partial charge is 0.302 e. The molecule has 17 heavy (non-hydrogen) atoms. The van der Waals surface area contributed by atoms with E-state index in [1.165, 1.54) is 11.1 Å².